The van der Waals surface area contributed by atoms with Crippen LogP contribution < -0.4 is 10.9 Å². The number of thioether (sulfide) groups is 1. The molecule has 6 rings (SSSR count). The third-order valence-electron chi connectivity index (χ3n) is 6.02. The van der Waals surface area contributed by atoms with Crippen LogP contribution in [0.3, 0.4) is 0 Å². The Morgan fingerprint density at radius 3 is 2.53 bits per heavy atom. The fourth-order valence-electron chi connectivity index (χ4n) is 4.18. The van der Waals surface area contributed by atoms with Gasteiger partial charge in [0.15, 0.2) is 0 Å². The number of nitrogens with one attached hydrogen (secondary N) is 2. The van der Waals surface area contributed by atoms with E-state index in [0.717, 1.165) is 38.3 Å². The summed E-state index contributed by atoms with van der Waals surface area (Å²) in [5, 5.41) is 6.74. The van der Waals surface area contributed by atoms with Crippen LogP contribution in [0.5, 0.6) is 0 Å². The first-order chi connectivity index (χ1) is 17.7. The number of para-hydroxylation sites is 1. The molecule has 0 saturated carbocycles. The summed E-state index contributed by atoms with van der Waals surface area (Å²) in [5.41, 5.74) is 4.36. The van der Waals surface area contributed by atoms with Crippen molar-refractivity contribution < 1.29 is 0 Å². The van der Waals surface area contributed by atoms with Crippen LogP contribution in [0.2, 0.25) is 0 Å². The lowest BCUT2D eigenvalue weighted by Crippen LogP contribution is -2.11. The van der Waals surface area contributed by atoms with Gasteiger partial charge in [-0.1, -0.05) is 60.7 Å². The summed E-state index contributed by atoms with van der Waals surface area (Å²) < 4.78 is 0. The molecule has 0 bridgehead atoms. The summed E-state index contributed by atoms with van der Waals surface area (Å²) in [6, 6.07) is 34.4. The lowest BCUT2D eigenvalue weighted by molar-refractivity contribution is 1.17. The second-order valence-corrected chi connectivity index (χ2v) is 9.53. The molecule has 0 saturated heterocycles. The van der Waals surface area contributed by atoms with Crippen molar-refractivity contribution >= 4 is 45.1 Å². The first-order valence-corrected chi connectivity index (χ1v) is 12.6. The van der Waals surface area contributed by atoms with E-state index in [0.29, 0.717) is 11.7 Å². The van der Waals surface area contributed by atoms with Crippen LogP contribution >= 0.6 is 11.8 Å². The Bertz CT molecular complexity index is 1760. The third kappa shape index (κ3) is 4.72. The average molecular weight is 487 g/mol. The number of aromatic amines is 1. The topological polar surface area (TPSA) is 70.7 Å². The number of nitrogens with zero attached hydrogens (tertiary/aromatic N) is 2. The van der Waals surface area contributed by atoms with Gasteiger partial charge in [0.05, 0.1) is 5.69 Å². The number of hydrogen-bond donors (Lipinski definition) is 2. The van der Waals surface area contributed by atoms with Gasteiger partial charge in [-0.3, -0.25) is 4.79 Å². The van der Waals surface area contributed by atoms with Gasteiger partial charge in [-0.2, -0.15) is 0 Å². The highest BCUT2D eigenvalue weighted by Crippen LogP contribution is 2.27. The monoisotopic (exact) mass is 486 g/mol. The summed E-state index contributed by atoms with van der Waals surface area (Å²) in [6.07, 6.45) is 1.77. The highest BCUT2D eigenvalue weighted by Gasteiger charge is 2.07. The molecule has 4 aromatic carbocycles. The van der Waals surface area contributed by atoms with E-state index in [4.69, 9.17) is 4.98 Å². The largest absolute Gasteiger partial charge is 0.324 e. The van der Waals surface area contributed by atoms with E-state index in [1.807, 2.05) is 72.8 Å². The average Bonchev–Trinajstić information content (AvgIpc) is 2.92. The van der Waals surface area contributed by atoms with Gasteiger partial charge in [-0.25, -0.2) is 9.97 Å². The van der Waals surface area contributed by atoms with E-state index < -0.39 is 0 Å². The van der Waals surface area contributed by atoms with E-state index in [-0.39, 0.29) is 5.56 Å². The maximum absolute atomic E-state index is 12.5. The van der Waals surface area contributed by atoms with Crippen LogP contribution in [0.25, 0.3) is 32.9 Å². The SMILES string of the molecule is O=c1[nH]c2ccccc2cc1CSc1cccc(Nc2nccc(-c3ccc4ccccc4c3)n2)c1. The molecule has 0 aliphatic heterocycles. The Kier molecular flexibility index (Phi) is 5.93. The molecule has 6 heteroatoms. The smallest absolute Gasteiger partial charge is 0.252 e. The van der Waals surface area contributed by atoms with Crippen LogP contribution in [-0.2, 0) is 5.75 Å². The van der Waals surface area contributed by atoms with Gasteiger partial charge in [0.1, 0.15) is 0 Å². The zero-order chi connectivity index (χ0) is 24.3. The van der Waals surface area contributed by atoms with Crippen molar-refractivity contribution in [2.45, 2.75) is 10.6 Å². The highest BCUT2D eigenvalue weighted by molar-refractivity contribution is 7.98. The van der Waals surface area contributed by atoms with E-state index in [1.54, 1.807) is 18.0 Å². The van der Waals surface area contributed by atoms with Crippen molar-refractivity contribution in [1.29, 1.82) is 0 Å². The van der Waals surface area contributed by atoms with Gasteiger partial charge in [0, 0.05) is 39.2 Å². The van der Waals surface area contributed by atoms with Gasteiger partial charge < -0.3 is 10.3 Å². The van der Waals surface area contributed by atoms with Crippen molar-refractivity contribution in [3.05, 3.63) is 125 Å². The second kappa shape index (κ2) is 9.68. The Morgan fingerprint density at radius 2 is 1.61 bits per heavy atom. The number of anilines is 2. The normalized spacial score (nSPS) is 11.1. The number of hydrogen-bond acceptors (Lipinski definition) is 5. The summed E-state index contributed by atoms with van der Waals surface area (Å²) in [6.45, 7) is 0. The summed E-state index contributed by atoms with van der Waals surface area (Å²) in [7, 11) is 0. The molecular formula is C30H22N4OS. The molecule has 0 radical (unpaired) electrons. The van der Waals surface area contributed by atoms with Crippen molar-refractivity contribution in [3.8, 4) is 11.3 Å². The number of pyridine rings is 1. The van der Waals surface area contributed by atoms with Crippen LogP contribution in [-0.4, -0.2) is 15.0 Å². The Labute approximate surface area is 212 Å². The minimum absolute atomic E-state index is 0.0469. The van der Waals surface area contributed by atoms with Crippen molar-refractivity contribution in [2.24, 2.45) is 0 Å². The van der Waals surface area contributed by atoms with E-state index in [9.17, 15) is 4.79 Å². The number of fused-ring (bicyclic) bond motifs is 2. The molecule has 5 nitrogen and oxygen atoms in total. The molecule has 0 fully saturated rings. The summed E-state index contributed by atoms with van der Waals surface area (Å²) in [5.74, 6) is 1.12. The molecule has 2 aromatic heterocycles. The minimum atomic E-state index is -0.0469. The molecule has 0 spiro atoms. The maximum Gasteiger partial charge on any atom is 0.252 e. The molecule has 0 atom stereocenters. The molecule has 0 aliphatic carbocycles. The number of H-pyrrole nitrogens is 1. The fraction of sp³-hybridized carbons (Fsp3) is 0.0333. The first-order valence-electron chi connectivity index (χ1n) is 11.6. The van der Waals surface area contributed by atoms with Crippen LogP contribution in [0.1, 0.15) is 5.56 Å². The van der Waals surface area contributed by atoms with Crippen molar-refractivity contribution in [1.82, 2.24) is 15.0 Å². The molecule has 0 unspecified atom stereocenters. The van der Waals surface area contributed by atoms with Crippen LogP contribution in [0.4, 0.5) is 11.6 Å². The van der Waals surface area contributed by atoms with Gasteiger partial charge in [0.25, 0.3) is 5.56 Å². The Balaban J connectivity index is 1.19. The predicted molar refractivity (Wildman–Crippen MR) is 149 cm³/mol. The minimum Gasteiger partial charge on any atom is -0.324 e. The lowest BCUT2D eigenvalue weighted by atomic mass is 10.1. The van der Waals surface area contributed by atoms with Crippen molar-refractivity contribution in [3.63, 3.8) is 0 Å². The standard InChI is InChI=1S/C30H22N4OS/c35-29-24(17-22-8-3-4-11-27(22)33-29)19-36-26-10-5-9-25(18-26)32-30-31-15-14-28(34-30)23-13-12-20-6-1-2-7-21(20)16-23/h1-18H,19H2,(H,33,35)(H,31,32,34). The molecule has 0 amide bonds. The molecule has 2 heterocycles. The van der Waals surface area contributed by atoms with Crippen LogP contribution in [0.15, 0.2) is 119 Å². The van der Waals surface area contributed by atoms with Gasteiger partial charge in [-0.05, 0) is 58.6 Å². The molecule has 2 N–H and O–H groups in total. The summed E-state index contributed by atoms with van der Waals surface area (Å²) in [4.78, 5) is 25.7. The zero-order valence-electron chi connectivity index (χ0n) is 19.3. The van der Waals surface area contributed by atoms with E-state index in [2.05, 4.69) is 45.6 Å². The lowest BCUT2D eigenvalue weighted by Gasteiger charge is -2.09. The highest BCUT2D eigenvalue weighted by atomic mass is 32.2. The second-order valence-electron chi connectivity index (χ2n) is 8.48. The van der Waals surface area contributed by atoms with E-state index >= 15 is 0 Å². The quantitative estimate of drug-likeness (QED) is 0.244. The Hall–Kier alpha value is -4.42. The van der Waals surface area contributed by atoms with Gasteiger partial charge in [0.2, 0.25) is 5.95 Å². The predicted octanol–water partition coefficient (Wildman–Crippen LogP) is 7.17. The van der Waals surface area contributed by atoms with Gasteiger partial charge >= 0.3 is 0 Å². The molecule has 174 valence electrons. The third-order valence-corrected chi connectivity index (χ3v) is 7.06. The van der Waals surface area contributed by atoms with E-state index in [1.165, 1.54) is 10.8 Å². The molecule has 6 aromatic rings. The summed E-state index contributed by atoms with van der Waals surface area (Å²) >= 11 is 1.62. The number of benzene rings is 4. The fourth-order valence-corrected chi connectivity index (χ4v) is 5.10. The zero-order valence-corrected chi connectivity index (χ0v) is 20.1. The van der Waals surface area contributed by atoms with Gasteiger partial charge in [-0.15, -0.1) is 11.8 Å². The number of rotatable bonds is 6. The molecule has 36 heavy (non-hydrogen) atoms. The first kappa shape index (κ1) is 22.1. The van der Waals surface area contributed by atoms with Crippen molar-refractivity contribution in [2.75, 3.05) is 5.32 Å². The maximum atomic E-state index is 12.5. The van der Waals surface area contributed by atoms with Crippen LogP contribution in [0, 0.1) is 0 Å². The number of aromatic nitrogens is 3. The molecule has 0 aliphatic rings. The Morgan fingerprint density at radius 1 is 0.778 bits per heavy atom. The molecular weight excluding hydrogens is 464 g/mol.